The molecule has 7 heteroatoms. The Balaban J connectivity index is 1.44. The zero-order valence-electron chi connectivity index (χ0n) is 14.7. The molecule has 2 aliphatic heterocycles. The molecule has 1 atom stereocenters. The molecule has 0 unspecified atom stereocenters. The molecule has 25 heavy (non-hydrogen) atoms. The summed E-state index contributed by atoms with van der Waals surface area (Å²) in [5, 5.41) is 3.88. The largest absolute Gasteiger partial charge is 0.379 e. The highest BCUT2D eigenvalue weighted by molar-refractivity contribution is 5.58. The summed E-state index contributed by atoms with van der Waals surface area (Å²) in [7, 11) is 0. The first kappa shape index (κ1) is 16.5. The maximum atomic E-state index is 5.45. The van der Waals surface area contributed by atoms with Crippen molar-refractivity contribution in [3.8, 4) is 11.5 Å². The summed E-state index contributed by atoms with van der Waals surface area (Å²) in [5.41, 5.74) is 0.931. The summed E-state index contributed by atoms with van der Waals surface area (Å²) in [6.07, 6.45) is 4.33. The van der Waals surface area contributed by atoms with Gasteiger partial charge in [0.15, 0.2) is 5.82 Å². The third-order valence-electron chi connectivity index (χ3n) is 4.98. The molecule has 0 saturated carbocycles. The number of aromatic nitrogens is 3. The zero-order chi connectivity index (χ0) is 17.1. The van der Waals surface area contributed by atoms with E-state index in [1.807, 2.05) is 19.2 Å². The number of hydrogen-bond donors (Lipinski definition) is 0. The van der Waals surface area contributed by atoms with Crippen LogP contribution in [0.1, 0.15) is 18.7 Å². The van der Waals surface area contributed by atoms with Crippen LogP contribution in [0.5, 0.6) is 0 Å². The molecule has 7 nitrogen and oxygen atoms in total. The van der Waals surface area contributed by atoms with Crippen molar-refractivity contribution in [2.24, 2.45) is 5.92 Å². The average molecular weight is 343 g/mol. The van der Waals surface area contributed by atoms with Gasteiger partial charge >= 0.3 is 0 Å². The van der Waals surface area contributed by atoms with Gasteiger partial charge in [0.25, 0.3) is 5.89 Å². The van der Waals surface area contributed by atoms with Crippen LogP contribution in [0.4, 0.5) is 5.82 Å². The first-order chi connectivity index (χ1) is 12.3. The molecule has 0 bridgehead atoms. The summed E-state index contributed by atoms with van der Waals surface area (Å²) in [5.74, 6) is 2.89. The highest BCUT2D eigenvalue weighted by Crippen LogP contribution is 2.26. The lowest BCUT2D eigenvalue weighted by Gasteiger charge is -2.37. The average Bonchev–Trinajstić information content (AvgIpc) is 3.09. The summed E-state index contributed by atoms with van der Waals surface area (Å²) in [6.45, 7) is 8.93. The van der Waals surface area contributed by atoms with Crippen molar-refractivity contribution >= 4 is 5.82 Å². The van der Waals surface area contributed by atoms with E-state index < -0.39 is 0 Å². The predicted molar refractivity (Wildman–Crippen MR) is 94.5 cm³/mol. The van der Waals surface area contributed by atoms with Gasteiger partial charge in [-0.3, -0.25) is 4.90 Å². The second kappa shape index (κ2) is 7.49. The molecular weight excluding hydrogens is 318 g/mol. The normalized spacial score (nSPS) is 22.3. The second-order valence-electron chi connectivity index (χ2n) is 6.92. The van der Waals surface area contributed by atoms with Crippen molar-refractivity contribution in [1.82, 2.24) is 20.0 Å². The second-order valence-corrected chi connectivity index (χ2v) is 6.92. The lowest BCUT2D eigenvalue weighted by atomic mass is 9.97. The molecule has 0 spiro atoms. The minimum atomic E-state index is 0.558. The van der Waals surface area contributed by atoms with Crippen LogP contribution in [0.2, 0.25) is 0 Å². The van der Waals surface area contributed by atoms with Gasteiger partial charge in [0.05, 0.1) is 13.2 Å². The Morgan fingerprint density at radius 2 is 2.12 bits per heavy atom. The smallest absolute Gasteiger partial charge is 0.258 e. The molecule has 2 aliphatic rings. The molecule has 0 aromatic carbocycles. The summed E-state index contributed by atoms with van der Waals surface area (Å²) in [4.78, 5) is 13.8. The monoisotopic (exact) mass is 343 g/mol. The van der Waals surface area contributed by atoms with E-state index in [-0.39, 0.29) is 0 Å². The number of nitrogens with zero attached hydrogens (tertiary/aromatic N) is 5. The minimum absolute atomic E-state index is 0.558. The number of anilines is 1. The zero-order valence-corrected chi connectivity index (χ0v) is 14.7. The third kappa shape index (κ3) is 3.99. The molecule has 134 valence electrons. The fourth-order valence-electron chi connectivity index (χ4n) is 3.71. The van der Waals surface area contributed by atoms with Crippen LogP contribution in [0.25, 0.3) is 11.5 Å². The standard InChI is InChI=1S/C18H25N5O2/c1-14-20-18(25-21-14)16-4-5-19-17(11-16)23-6-2-3-15(13-23)12-22-7-9-24-10-8-22/h4-5,11,15H,2-3,6-10,12-13H2,1H3/t15-/m0/s1. The first-order valence-corrected chi connectivity index (χ1v) is 9.10. The maximum Gasteiger partial charge on any atom is 0.258 e. The number of morpholine rings is 1. The van der Waals surface area contributed by atoms with Gasteiger partial charge in [-0.05, 0) is 37.8 Å². The van der Waals surface area contributed by atoms with Gasteiger partial charge in [0.1, 0.15) is 5.82 Å². The molecule has 0 N–H and O–H groups in total. The van der Waals surface area contributed by atoms with Crippen LogP contribution >= 0.6 is 0 Å². The Bertz CT molecular complexity index is 698. The minimum Gasteiger partial charge on any atom is -0.379 e. The number of rotatable bonds is 4. The third-order valence-corrected chi connectivity index (χ3v) is 4.98. The number of pyridine rings is 1. The fraction of sp³-hybridized carbons (Fsp3) is 0.611. The van der Waals surface area contributed by atoms with E-state index in [0.29, 0.717) is 17.6 Å². The van der Waals surface area contributed by atoms with E-state index in [1.54, 1.807) is 0 Å². The van der Waals surface area contributed by atoms with E-state index in [1.165, 1.54) is 12.8 Å². The van der Waals surface area contributed by atoms with Crippen molar-refractivity contribution < 1.29 is 9.26 Å². The van der Waals surface area contributed by atoms with E-state index in [0.717, 1.165) is 57.3 Å². The Morgan fingerprint density at radius 3 is 2.92 bits per heavy atom. The van der Waals surface area contributed by atoms with Gasteiger partial charge in [0, 0.05) is 44.5 Å². The Morgan fingerprint density at radius 1 is 1.24 bits per heavy atom. The molecule has 4 heterocycles. The Hall–Kier alpha value is -1.99. The molecule has 0 aliphatic carbocycles. The van der Waals surface area contributed by atoms with Crippen LogP contribution in [-0.2, 0) is 4.74 Å². The highest BCUT2D eigenvalue weighted by atomic mass is 16.5. The van der Waals surface area contributed by atoms with Crippen molar-refractivity contribution in [3.63, 3.8) is 0 Å². The van der Waals surface area contributed by atoms with Crippen LogP contribution in [0.3, 0.4) is 0 Å². The van der Waals surface area contributed by atoms with Crippen molar-refractivity contribution in [2.75, 3.05) is 50.8 Å². The molecule has 2 saturated heterocycles. The fourth-order valence-corrected chi connectivity index (χ4v) is 3.71. The maximum absolute atomic E-state index is 5.45. The quantitative estimate of drug-likeness (QED) is 0.841. The van der Waals surface area contributed by atoms with Gasteiger partial charge in [0.2, 0.25) is 0 Å². The first-order valence-electron chi connectivity index (χ1n) is 9.10. The topological polar surface area (TPSA) is 67.5 Å². The lowest BCUT2D eigenvalue weighted by molar-refractivity contribution is 0.0296. The molecule has 0 radical (unpaired) electrons. The molecule has 0 amide bonds. The SMILES string of the molecule is Cc1noc(-c2ccnc(N3CCC[C@@H](CN4CCOCC4)C3)c2)n1. The van der Waals surface area contributed by atoms with Gasteiger partial charge in [-0.15, -0.1) is 0 Å². The molecule has 2 fully saturated rings. The summed E-state index contributed by atoms with van der Waals surface area (Å²) >= 11 is 0. The molecule has 4 rings (SSSR count). The molecular formula is C18H25N5O2. The van der Waals surface area contributed by atoms with Gasteiger partial charge < -0.3 is 14.2 Å². The Kier molecular flexibility index (Phi) is 4.94. The van der Waals surface area contributed by atoms with E-state index in [9.17, 15) is 0 Å². The van der Waals surface area contributed by atoms with Crippen LogP contribution < -0.4 is 4.90 Å². The number of aryl methyl sites for hydroxylation is 1. The van der Waals surface area contributed by atoms with Gasteiger partial charge in [-0.25, -0.2) is 4.98 Å². The van der Waals surface area contributed by atoms with Gasteiger partial charge in [-0.1, -0.05) is 5.16 Å². The van der Waals surface area contributed by atoms with Crippen LogP contribution in [-0.4, -0.2) is 66.0 Å². The predicted octanol–water partition coefficient (Wildman–Crippen LogP) is 1.99. The van der Waals surface area contributed by atoms with Crippen molar-refractivity contribution in [2.45, 2.75) is 19.8 Å². The van der Waals surface area contributed by atoms with Gasteiger partial charge in [-0.2, -0.15) is 4.98 Å². The van der Waals surface area contributed by atoms with E-state index >= 15 is 0 Å². The number of ether oxygens (including phenoxy) is 1. The lowest BCUT2D eigenvalue weighted by Crippen LogP contribution is -2.44. The van der Waals surface area contributed by atoms with E-state index in [4.69, 9.17) is 9.26 Å². The van der Waals surface area contributed by atoms with Crippen molar-refractivity contribution in [3.05, 3.63) is 24.2 Å². The van der Waals surface area contributed by atoms with Crippen LogP contribution in [0, 0.1) is 12.8 Å². The number of hydrogen-bond acceptors (Lipinski definition) is 7. The number of piperidine rings is 1. The Labute approximate surface area is 148 Å². The molecule has 2 aromatic rings. The highest BCUT2D eigenvalue weighted by Gasteiger charge is 2.24. The molecule has 2 aromatic heterocycles. The summed E-state index contributed by atoms with van der Waals surface area (Å²) < 4.78 is 10.7. The van der Waals surface area contributed by atoms with E-state index in [2.05, 4.69) is 31.0 Å². The summed E-state index contributed by atoms with van der Waals surface area (Å²) in [6, 6.07) is 3.98. The van der Waals surface area contributed by atoms with Crippen molar-refractivity contribution in [1.29, 1.82) is 0 Å². The van der Waals surface area contributed by atoms with Crippen LogP contribution in [0.15, 0.2) is 22.9 Å².